The fraction of sp³-hybridized carbons (Fsp3) is 0.500. The van der Waals surface area contributed by atoms with E-state index in [1.54, 1.807) is 24.3 Å². The van der Waals surface area contributed by atoms with Crippen molar-refractivity contribution in [1.82, 2.24) is 4.90 Å². The summed E-state index contributed by atoms with van der Waals surface area (Å²) in [6.07, 6.45) is 1.37. The minimum Gasteiger partial charge on any atom is -0.399 e. The first-order valence-electron chi connectivity index (χ1n) is 6.57. The summed E-state index contributed by atoms with van der Waals surface area (Å²) in [6, 6.07) is 7.09. The first-order valence-corrected chi connectivity index (χ1v) is 6.57. The third-order valence-corrected chi connectivity index (χ3v) is 2.96. The number of nitrogens with two attached hydrogens (primary N) is 2. The maximum Gasteiger partial charge on any atom is 0.231 e. The van der Waals surface area contributed by atoms with Crippen molar-refractivity contribution in [2.75, 3.05) is 25.4 Å². The lowest BCUT2D eigenvalue weighted by molar-refractivity contribution is -0.119. The third kappa shape index (κ3) is 5.72. The quantitative estimate of drug-likeness (QED) is 0.609. The van der Waals surface area contributed by atoms with E-state index in [-0.39, 0.29) is 12.5 Å². The maximum absolute atomic E-state index is 11.0. The number of hydrogen-bond acceptors (Lipinski definition) is 4. The van der Waals surface area contributed by atoms with Crippen molar-refractivity contribution in [3.05, 3.63) is 29.8 Å². The van der Waals surface area contributed by atoms with E-state index in [9.17, 15) is 9.90 Å². The molecule has 0 aliphatic carbocycles. The molecule has 1 aromatic rings. The lowest BCUT2D eigenvalue weighted by atomic mass is 10.1. The molecule has 1 aromatic carbocycles. The average Bonchev–Trinajstić information content (AvgIpc) is 2.36. The molecule has 0 radical (unpaired) electrons. The summed E-state index contributed by atoms with van der Waals surface area (Å²) in [5.41, 5.74) is 12.3. The molecular weight excluding hydrogens is 242 g/mol. The molecule has 0 aromatic heterocycles. The van der Waals surface area contributed by atoms with Crippen LogP contribution in [0.3, 0.4) is 0 Å². The number of aliphatic hydroxyl groups is 1. The number of nitrogens with zero attached hydrogens (tertiary/aromatic N) is 1. The van der Waals surface area contributed by atoms with Crippen molar-refractivity contribution in [2.24, 2.45) is 5.73 Å². The van der Waals surface area contributed by atoms with E-state index >= 15 is 0 Å². The molecule has 0 saturated carbocycles. The predicted molar refractivity (Wildman–Crippen MR) is 76.4 cm³/mol. The van der Waals surface area contributed by atoms with Crippen LogP contribution in [0.15, 0.2) is 24.3 Å². The van der Waals surface area contributed by atoms with E-state index in [2.05, 4.69) is 6.92 Å². The van der Waals surface area contributed by atoms with Crippen molar-refractivity contribution in [2.45, 2.75) is 25.9 Å². The zero-order valence-electron chi connectivity index (χ0n) is 11.4. The highest BCUT2D eigenvalue weighted by Crippen LogP contribution is 2.16. The number of nitrogen functional groups attached to an aromatic ring is 1. The molecule has 0 aliphatic rings. The summed E-state index contributed by atoms with van der Waals surface area (Å²) >= 11 is 0. The SMILES string of the molecule is CCCCN(CC(N)=O)CC(O)c1ccc(N)cc1. The second kappa shape index (κ2) is 7.76. The molecule has 106 valence electrons. The van der Waals surface area contributed by atoms with Crippen LogP contribution in [0.4, 0.5) is 5.69 Å². The van der Waals surface area contributed by atoms with Crippen molar-refractivity contribution < 1.29 is 9.90 Å². The second-order valence-corrected chi connectivity index (χ2v) is 4.74. The first-order chi connectivity index (χ1) is 9.02. The molecule has 0 spiro atoms. The summed E-state index contributed by atoms with van der Waals surface area (Å²) < 4.78 is 0. The Labute approximate surface area is 114 Å². The molecule has 1 atom stereocenters. The predicted octanol–water partition coefficient (Wildman–Crippen LogP) is 0.890. The van der Waals surface area contributed by atoms with Crippen LogP contribution in [-0.2, 0) is 4.79 Å². The fourth-order valence-electron chi connectivity index (χ4n) is 1.91. The Morgan fingerprint density at radius 3 is 2.53 bits per heavy atom. The molecule has 0 aliphatic heterocycles. The van der Waals surface area contributed by atoms with E-state index in [1.807, 2.05) is 4.90 Å². The molecule has 5 N–H and O–H groups in total. The van der Waals surface area contributed by atoms with Crippen molar-refractivity contribution >= 4 is 11.6 Å². The molecule has 1 amide bonds. The maximum atomic E-state index is 11.0. The number of carbonyl (C=O) groups excluding carboxylic acids is 1. The largest absolute Gasteiger partial charge is 0.399 e. The van der Waals surface area contributed by atoms with Crippen LogP contribution >= 0.6 is 0 Å². The molecule has 5 heteroatoms. The zero-order valence-corrected chi connectivity index (χ0v) is 11.4. The zero-order chi connectivity index (χ0) is 14.3. The number of anilines is 1. The Kier molecular flexibility index (Phi) is 6.32. The molecule has 0 saturated heterocycles. The van der Waals surface area contributed by atoms with E-state index in [4.69, 9.17) is 11.5 Å². The molecule has 0 fully saturated rings. The standard InChI is InChI=1S/C14H23N3O2/c1-2-3-8-17(10-14(16)19)9-13(18)11-4-6-12(15)7-5-11/h4-7,13,18H,2-3,8-10,15H2,1H3,(H2,16,19). The van der Waals surface area contributed by atoms with Crippen LogP contribution in [0.5, 0.6) is 0 Å². The third-order valence-electron chi connectivity index (χ3n) is 2.96. The lowest BCUT2D eigenvalue weighted by Gasteiger charge is -2.23. The number of rotatable bonds is 8. The Morgan fingerprint density at radius 1 is 1.37 bits per heavy atom. The Balaban J connectivity index is 2.60. The summed E-state index contributed by atoms with van der Waals surface area (Å²) in [4.78, 5) is 12.9. The van der Waals surface area contributed by atoms with Crippen LogP contribution in [-0.4, -0.2) is 35.5 Å². The van der Waals surface area contributed by atoms with Gasteiger partial charge in [-0.2, -0.15) is 0 Å². The van der Waals surface area contributed by atoms with E-state index < -0.39 is 6.10 Å². The Bertz CT molecular complexity index is 392. The minimum atomic E-state index is -0.642. The van der Waals surface area contributed by atoms with Crippen LogP contribution in [0.2, 0.25) is 0 Å². The molecule has 0 bridgehead atoms. The van der Waals surface area contributed by atoms with Gasteiger partial charge in [-0.1, -0.05) is 25.5 Å². The number of aliphatic hydroxyl groups excluding tert-OH is 1. The van der Waals surface area contributed by atoms with Crippen LogP contribution < -0.4 is 11.5 Å². The highest BCUT2D eigenvalue weighted by Gasteiger charge is 2.14. The first kappa shape index (κ1) is 15.5. The summed E-state index contributed by atoms with van der Waals surface area (Å²) in [6.45, 7) is 3.41. The highest BCUT2D eigenvalue weighted by molar-refractivity contribution is 5.75. The molecular formula is C14H23N3O2. The van der Waals surface area contributed by atoms with Gasteiger partial charge in [-0.05, 0) is 30.7 Å². The smallest absolute Gasteiger partial charge is 0.231 e. The number of benzene rings is 1. The van der Waals surface area contributed by atoms with Gasteiger partial charge in [0.2, 0.25) is 5.91 Å². The highest BCUT2D eigenvalue weighted by atomic mass is 16.3. The van der Waals surface area contributed by atoms with E-state index in [1.165, 1.54) is 0 Å². The van der Waals surface area contributed by atoms with Crippen molar-refractivity contribution in [1.29, 1.82) is 0 Å². The van der Waals surface area contributed by atoms with Crippen LogP contribution in [0.1, 0.15) is 31.4 Å². The topological polar surface area (TPSA) is 92.6 Å². The Morgan fingerprint density at radius 2 is 2.00 bits per heavy atom. The van der Waals surface area contributed by atoms with Crippen molar-refractivity contribution in [3.63, 3.8) is 0 Å². The van der Waals surface area contributed by atoms with Gasteiger partial charge in [-0.15, -0.1) is 0 Å². The minimum absolute atomic E-state index is 0.173. The lowest BCUT2D eigenvalue weighted by Crippen LogP contribution is -2.37. The van der Waals surface area contributed by atoms with E-state index in [0.29, 0.717) is 12.2 Å². The summed E-state index contributed by atoms with van der Waals surface area (Å²) in [5.74, 6) is -0.374. The second-order valence-electron chi connectivity index (χ2n) is 4.74. The van der Waals surface area contributed by atoms with Crippen molar-refractivity contribution in [3.8, 4) is 0 Å². The number of primary amides is 1. The van der Waals surface area contributed by atoms with Gasteiger partial charge in [-0.25, -0.2) is 0 Å². The fourth-order valence-corrected chi connectivity index (χ4v) is 1.91. The van der Waals surface area contributed by atoms with Crippen LogP contribution in [0, 0.1) is 0 Å². The number of amides is 1. The van der Waals surface area contributed by atoms with Gasteiger partial charge < -0.3 is 16.6 Å². The molecule has 1 rings (SSSR count). The summed E-state index contributed by atoms with van der Waals surface area (Å²) in [5, 5.41) is 10.2. The Hall–Kier alpha value is -1.59. The molecule has 0 heterocycles. The molecule has 19 heavy (non-hydrogen) atoms. The van der Waals surface area contributed by atoms with Gasteiger partial charge in [0.1, 0.15) is 0 Å². The van der Waals surface area contributed by atoms with Gasteiger partial charge in [0, 0.05) is 12.2 Å². The monoisotopic (exact) mass is 265 g/mol. The van der Waals surface area contributed by atoms with E-state index in [0.717, 1.165) is 24.9 Å². The molecule has 1 unspecified atom stereocenters. The van der Waals surface area contributed by atoms with Gasteiger partial charge in [0.25, 0.3) is 0 Å². The molecule has 5 nitrogen and oxygen atoms in total. The number of unbranched alkanes of at least 4 members (excludes halogenated alkanes) is 1. The van der Waals surface area contributed by atoms with Gasteiger partial charge >= 0.3 is 0 Å². The normalized spacial score (nSPS) is 12.6. The van der Waals surface area contributed by atoms with Gasteiger partial charge in [0.05, 0.1) is 12.6 Å². The average molecular weight is 265 g/mol. The number of carbonyl (C=O) groups is 1. The van der Waals surface area contributed by atoms with Gasteiger partial charge in [0.15, 0.2) is 0 Å². The summed E-state index contributed by atoms with van der Waals surface area (Å²) in [7, 11) is 0. The van der Waals surface area contributed by atoms with Gasteiger partial charge in [-0.3, -0.25) is 9.69 Å². The number of hydrogen-bond donors (Lipinski definition) is 3. The van der Waals surface area contributed by atoms with Crippen LogP contribution in [0.25, 0.3) is 0 Å².